The number of hydrogen-bond acceptors (Lipinski definition) is 8. The number of nitrogens with one attached hydrogen (secondary N) is 2. The molecule has 0 atom stereocenters. The van der Waals surface area contributed by atoms with Crippen LogP contribution in [0.1, 0.15) is 43.2 Å². The molecule has 228 valence electrons. The number of anilines is 4. The Morgan fingerprint density at radius 2 is 1.80 bits per heavy atom. The average molecular weight is 622 g/mol. The Labute approximate surface area is 255 Å². The molecule has 6 rings (SSSR count). The monoisotopic (exact) mass is 621 g/mol. The summed E-state index contributed by atoms with van der Waals surface area (Å²) in [7, 11) is 0. The number of hydrogen-bond donors (Lipinski definition) is 3. The molecular weight excluding hydrogens is 591 g/mol. The summed E-state index contributed by atoms with van der Waals surface area (Å²) in [5.74, 6) is -1.50. The second kappa shape index (κ2) is 12.2. The number of nitrogens with zero attached hydrogens (tertiary/aromatic N) is 4. The lowest BCUT2D eigenvalue weighted by molar-refractivity contribution is -0.186. The van der Waals surface area contributed by atoms with Crippen molar-refractivity contribution in [3.63, 3.8) is 0 Å². The Morgan fingerprint density at radius 1 is 0.977 bits per heavy atom. The van der Waals surface area contributed by atoms with Crippen molar-refractivity contribution in [2.75, 3.05) is 22.9 Å². The first kappa shape index (κ1) is 29.5. The molecule has 0 spiro atoms. The molecule has 0 radical (unpaired) electrons. The van der Waals surface area contributed by atoms with Crippen LogP contribution in [0, 0.1) is 5.92 Å². The summed E-state index contributed by atoms with van der Waals surface area (Å²) >= 11 is 1.28. The molecule has 0 bridgehead atoms. The van der Waals surface area contributed by atoms with Crippen LogP contribution in [0.4, 0.5) is 35.6 Å². The maximum Gasteiger partial charge on any atom is 0.471 e. The number of carbonyl (C=O) groups excluding carboxylic acids is 2. The van der Waals surface area contributed by atoms with E-state index in [1.54, 1.807) is 24.4 Å². The molecule has 1 fully saturated rings. The van der Waals surface area contributed by atoms with Crippen LogP contribution < -0.4 is 16.4 Å². The van der Waals surface area contributed by atoms with Crippen molar-refractivity contribution in [3.05, 3.63) is 65.9 Å². The normalized spacial score (nSPS) is 15.5. The van der Waals surface area contributed by atoms with Crippen molar-refractivity contribution in [1.29, 1.82) is 0 Å². The average Bonchev–Trinajstić information content (AvgIpc) is 3.42. The lowest BCUT2D eigenvalue weighted by Gasteiger charge is -2.29. The lowest BCUT2D eigenvalue weighted by Crippen LogP contribution is -2.43. The Morgan fingerprint density at radius 3 is 2.59 bits per heavy atom. The summed E-state index contributed by atoms with van der Waals surface area (Å²) < 4.78 is 39.0. The van der Waals surface area contributed by atoms with E-state index in [2.05, 4.69) is 25.6 Å². The number of aromatic nitrogens is 3. The number of nitrogen functional groups attached to an aromatic ring is 1. The molecule has 1 saturated carbocycles. The fraction of sp³-hybridized carbons (Fsp3) is 0.323. The SMILES string of the molecule is Nc1nc(-c2cccc(NC(=O)C3CCCCC3)c2)c(-c2ccnc(Nc3ccc4c(c3)CN(C(=O)C(F)(F)F)CC4)n2)s1. The Balaban J connectivity index is 1.21. The van der Waals surface area contributed by atoms with Crippen molar-refractivity contribution in [2.45, 2.75) is 51.2 Å². The highest BCUT2D eigenvalue weighted by Crippen LogP contribution is 2.38. The lowest BCUT2D eigenvalue weighted by atomic mass is 9.88. The van der Waals surface area contributed by atoms with Gasteiger partial charge in [-0.15, -0.1) is 0 Å². The van der Waals surface area contributed by atoms with E-state index in [1.807, 2.05) is 30.3 Å². The molecule has 0 saturated heterocycles. The fourth-order valence-electron chi connectivity index (χ4n) is 5.72. The molecule has 4 N–H and O–H groups in total. The third kappa shape index (κ3) is 6.52. The van der Waals surface area contributed by atoms with Gasteiger partial charge >= 0.3 is 12.1 Å². The molecule has 9 nitrogen and oxygen atoms in total. The second-order valence-corrected chi connectivity index (χ2v) is 12.0. The van der Waals surface area contributed by atoms with Crippen LogP contribution in [0.15, 0.2) is 54.7 Å². The summed E-state index contributed by atoms with van der Waals surface area (Å²) in [5, 5.41) is 6.53. The molecule has 13 heteroatoms. The number of amides is 2. The highest BCUT2D eigenvalue weighted by atomic mass is 32.1. The highest BCUT2D eigenvalue weighted by molar-refractivity contribution is 7.19. The van der Waals surface area contributed by atoms with E-state index in [0.717, 1.165) is 46.6 Å². The number of thiazole rings is 1. The molecule has 44 heavy (non-hydrogen) atoms. The van der Waals surface area contributed by atoms with Crippen molar-refractivity contribution in [2.24, 2.45) is 5.92 Å². The standard InChI is InChI=1S/C31H30F3N7O2S/c32-31(33,34)28(43)41-14-12-18-9-10-23(16-21(18)17-41)38-30-36-13-11-24(39-30)26-25(40-29(35)44-26)20-7-4-8-22(15-20)37-27(42)19-5-2-1-3-6-19/h4,7-11,13,15-16,19H,1-3,5-6,12,14,17H2,(H2,35,40)(H,37,42)(H,36,38,39). The van der Waals surface area contributed by atoms with Crippen LogP contribution in [-0.4, -0.2) is 44.4 Å². The number of halogens is 3. The Kier molecular flexibility index (Phi) is 8.21. The largest absolute Gasteiger partial charge is 0.471 e. The summed E-state index contributed by atoms with van der Waals surface area (Å²) in [6.07, 6.45) is 2.15. The molecule has 1 aliphatic carbocycles. The summed E-state index contributed by atoms with van der Waals surface area (Å²) in [6, 6.07) is 14.6. The zero-order valence-corrected chi connectivity index (χ0v) is 24.5. The maximum absolute atomic E-state index is 13.0. The highest BCUT2D eigenvalue weighted by Gasteiger charge is 2.43. The summed E-state index contributed by atoms with van der Waals surface area (Å²) in [6.45, 7) is -0.118. The number of nitrogens with two attached hydrogens (primary N) is 1. The molecule has 2 aromatic heterocycles. The minimum atomic E-state index is -4.91. The predicted molar refractivity (Wildman–Crippen MR) is 163 cm³/mol. The van der Waals surface area contributed by atoms with E-state index in [0.29, 0.717) is 39.9 Å². The maximum atomic E-state index is 13.0. The van der Waals surface area contributed by atoms with E-state index >= 15 is 0 Å². The van der Waals surface area contributed by atoms with Gasteiger partial charge in [-0.1, -0.05) is 48.8 Å². The van der Waals surface area contributed by atoms with Crippen LogP contribution in [0.5, 0.6) is 0 Å². The van der Waals surface area contributed by atoms with Gasteiger partial charge in [-0.2, -0.15) is 13.2 Å². The van der Waals surface area contributed by atoms with Gasteiger partial charge in [-0.05, 0) is 60.7 Å². The molecule has 3 heterocycles. The third-order valence-corrected chi connectivity index (χ3v) is 8.82. The zero-order valence-electron chi connectivity index (χ0n) is 23.7. The van der Waals surface area contributed by atoms with Gasteiger partial charge in [0, 0.05) is 42.1 Å². The Bertz CT molecular complexity index is 1700. The molecule has 2 aliphatic rings. The van der Waals surface area contributed by atoms with Gasteiger partial charge in [0.1, 0.15) is 0 Å². The second-order valence-electron chi connectivity index (χ2n) is 11.0. The molecule has 2 aromatic carbocycles. The minimum absolute atomic E-state index is 0.0133. The first-order chi connectivity index (χ1) is 21.1. The van der Waals surface area contributed by atoms with Crippen LogP contribution >= 0.6 is 11.3 Å². The topological polar surface area (TPSA) is 126 Å². The molecule has 4 aromatic rings. The van der Waals surface area contributed by atoms with Crippen LogP contribution in [0.2, 0.25) is 0 Å². The predicted octanol–water partition coefficient (Wildman–Crippen LogP) is 6.56. The number of benzene rings is 2. The van der Waals surface area contributed by atoms with E-state index in [1.165, 1.54) is 17.8 Å². The van der Waals surface area contributed by atoms with Gasteiger partial charge < -0.3 is 21.3 Å². The van der Waals surface area contributed by atoms with Crippen molar-refractivity contribution in [3.8, 4) is 21.8 Å². The van der Waals surface area contributed by atoms with Gasteiger partial charge in [0.2, 0.25) is 11.9 Å². The first-order valence-corrected chi connectivity index (χ1v) is 15.2. The molecule has 2 amide bonds. The number of carbonyl (C=O) groups is 2. The third-order valence-electron chi connectivity index (χ3n) is 7.92. The van der Waals surface area contributed by atoms with Gasteiger partial charge in [0.05, 0.1) is 16.3 Å². The summed E-state index contributed by atoms with van der Waals surface area (Å²) in [4.78, 5) is 39.7. The number of rotatable bonds is 6. The minimum Gasteiger partial charge on any atom is -0.375 e. The summed E-state index contributed by atoms with van der Waals surface area (Å²) in [5.41, 5.74) is 10.9. The van der Waals surface area contributed by atoms with Crippen LogP contribution in [0.25, 0.3) is 21.8 Å². The van der Waals surface area contributed by atoms with E-state index in [4.69, 9.17) is 5.73 Å². The van der Waals surface area contributed by atoms with Crippen LogP contribution in [-0.2, 0) is 22.6 Å². The van der Waals surface area contributed by atoms with Gasteiger partial charge in [-0.3, -0.25) is 9.59 Å². The number of alkyl halides is 3. The van der Waals surface area contributed by atoms with Gasteiger partial charge in [0.15, 0.2) is 5.13 Å². The fourth-order valence-corrected chi connectivity index (χ4v) is 6.55. The van der Waals surface area contributed by atoms with Crippen LogP contribution in [0.3, 0.4) is 0 Å². The van der Waals surface area contributed by atoms with E-state index in [-0.39, 0.29) is 30.9 Å². The smallest absolute Gasteiger partial charge is 0.375 e. The van der Waals surface area contributed by atoms with Crippen molar-refractivity contribution >= 4 is 45.6 Å². The van der Waals surface area contributed by atoms with E-state index in [9.17, 15) is 22.8 Å². The molecule has 0 unspecified atom stereocenters. The molecular formula is C31H30F3N7O2S. The zero-order chi connectivity index (χ0) is 30.8. The van der Waals surface area contributed by atoms with Crippen molar-refractivity contribution < 1.29 is 22.8 Å². The molecule has 1 aliphatic heterocycles. The van der Waals surface area contributed by atoms with Crippen molar-refractivity contribution in [1.82, 2.24) is 19.9 Å². The first-order valence-electron chi connectivity index (χ1n) is 14.4. The van der Waals surface area contributed by atoms with E-state index < -0.39 is 12.1 Å². The van der Waals surface area contributed by atoms with Gasteiger partial charge in [-0.25, -0.2) is 15.0 Å². The number of fused-ring (bicyclic) bond motifs is 1. The van der Waals surface area contributed by atoms with Gasteiger partial charge in [0.25, 0.3) is 0 Å². The quantitative estimate of drug-likeness (QED) is 0.223. The Hall–Kier alpha value is -4.52.